The van der Waals surface area contributed by atoms with E-state index in [1.807, 2.05) is 7.05 Å². The van der Waals surface area contributed by atoms with Gasteiger partial charge in [-0.15, -0.1) is 0 Å². The highest BCUT2D eigenvalue weighted by atomic mass is 16.5. The first-order chi connectivity index (χ1) is 12.0. The summed E-state index contributed by atoms with van der Waals surface area (Å²) in [7, 11) is 3.53. The molecule has 1 aliphatic carbocycles. The van der Waals surface area contributed by atoms with Crippen LogP contribution in [0.5, 0.6) is 0 Å². The van der Waals surface area contributed by atoms with Crippen molar-refractivity contribution in [2.24, 2.45) is 16.3 Å². The van der Waals surface area contributed by atoms with Gasteiger partial charge in [-0.05, 0) is 19.3 Å². The smallest absolute Gasteiger partial charge is 0.233 e. The van der Waals surface area contributed by atoms with Crippen LogP contribution in [-0.4, -0.2) is 75.3 Å². The van der Waals surface area contributed by atoms with Gasteiger partial charge in [-0.3, -0.25) is 14.7 Å². The van der Waals surface area contributed by atoms with Crippen LogP contribution in [0, 0.1) is 11.3 Å². The highest BCUT2D eigenvalue weighted by molar-refractivity contribution is 5.80. The van der Waals surface area contributed by atoms with E-state index in [0.717, 1.165) is 44.9 Å². The second kappa shape index (κ2) is 7.50. The van der Waals surface area contributed by atoms with Gasteiger partial charge >= 0.3 is 0 Å². The Morgan fingerprint density at radius 1 is 1.24 bits per heavy atom. The molecule has 3 unspecified atom stereocenters. The Morgan fingerprint density at radius 2 is 1.96 bits per heavy atom. The van der Waals surface area contributed by atoms with Gasteiger partial charge in [-0.2, -0.15) is 0 Å². The number of rotatable bonds is 4. The summed E-state index contributed by atoms with van der Waals surface area (Å²) in [5.41, 5.74) is 0.148. The zero-order valence-electron chi connectivity index (χ0n) is 16.0. The number of likely N-dealkylation sites (N-methyl/N-ethyl adjacent to an activating group) is 1. The van der Waals surface area contributed by atoms with Crippen LogP contribution in [0.25, 0.3) is 0 Å². The maximum Gasteiger partial charge on any atom is 0.233 e. The molecule has 0 aromatic rings. The second-order valence-corrected chi connectivity index (χ2v) is 8.13. The van der Waals surface area contributed by atoms with E-state index < -0.39 is 0 Å². The highest BCUT2D eigenvalue weighted by Gasteiger charge is 2.59. The van der Waals surface area contributed by atoms with Gasteiger partial charge in [0.1, 0.15) is 0 Å². The summed E-state index contributed by atoms with van der Waals surface area (Å²) in [6.45, 7) is 7.82. The minimum atomic E-state index is 0.0874. The number of guanidine groups is 1. The van der Waals surface area contributed by atoms with Gasteiger partial charge in [0.05, 0.1) is 12.6 Å². The molecule has 3 atom stereocenters. The largest absolute Gasteiger partial charge is 0.377 e. The van der Waals surface area contributed by atoms with E-state index in [1.165, 1.54) is 0 Å². The van der Waals surface area contributed by atoms with Crippen LogP contribution in [0.2, 0.25) is 0 Å². The first kappa shape index (κ1) is 18.5. The molecule has 7 nitrogen and oxygen atoms in total. The Kier molecular flexibility index (Phi) is 5.53. The lowest BCUT2D eigenvalue weighted by Crippen LogP contribution is -2.68. The molecule has 0 aromatic heterocycles. The van der Waals surface area contributed by atoms with E-state index >= 15 is 0 Å². The van der Waals surface area contributed by atoms with Crippen LogP contribution >= 0.6 is 0 Å². The standard InChI is InChI=1S/C18H33N5O2/c1-18(2)15(13-7-10-25-16(13)18)22-17(20-4)21-12-5-8-23(9-6-12)11-14(24)19-3/h12-13,15-16H,5-11H2,1-4H3,(H,19,24)(H2,20,21,22). The summed E-state index contributed by atoms with van der Waals surface area (Å²) in [4.78, 5) is 18.1. The molecule has 3 fully saturated rings. The average Bonchev–Trinajstić information content (AvgIpc) is 3.07. The third kappa shape index (κ3) is 3.77. The Morgan fingerprint density at radius 3 is 2.60 bits per heavy atom. The minimum absolute atomic E-state index is 0.0874. The van der Waals surface area contributed by atoms with Crippen LogP contribution in [0.3, 0.4) is 0 Å². The predicted molar refractivity (Wildman–Crippen MR) is 98.6 cm³/mol. The maximum atomic E-state index is 11.5. The molecule has 2 aliphatic heterocycles. The quantitative estimate of drug-likeness (QED) is 0.497. The molecule has 25 heavy (non-hydrogen) atoms. The van der Waals surface area contributed by atoms with E-state index in [-0.39, 0.29) is 11.3 Å². The molecular formula is C18H33N5O2. The van der Waals surface area contributed by atoms with Crippen molar-refractivity contribution in [1.29, 1.82) is 0 Å². The van der Waals surface area contributed by atoms with Crippen molar-refractivity contribution in [3.63, 3.8) is 0 Å². The topological polar surface area (TPSA) is 78.0 Å². The predicted octanol–water partition coefficient (Wildman–Crippen LogP) is 0.175. The van der Waals surface area contributed by atoms with Gasteiger partial charge in [0.25, 0.3) is 0 Å². The molecule has 3 N–H and O–H groups in total. The van der Waals surface area contributed by atoms with E-state index in [2.05, 4.69) is 39.7 Å². The molecule has 3 rings (SSSR count). The zero-order chi connectivity index (χ0) is 18.0. The first-order valence-corrected chi connectivity index (χ1v) is 9.50. The molecule has 2 saturated heterocycles. The molecule has 0 radical (unpaired) electrons. The number of piperidine rings is 1. The third-order valence-electron chi connectivity index (χ3n) is 6.19. The number of likely N-dealkylation sites (tertiary alicyclic amines) is 1. The molecule has 7 heteroatoms. The molecule has 1 amide bonds. The first-order valence-electron chi connectivity index (χ1n) is 9.50. The van der Waals surface area contributed by atoms with Crippen LogP contribution in [0.1, 0.15) is 33.1 Å². The molecule has 0 aromatic carbocycles. The number of carbonyl (C=O) groups excluding carboxylic acids is 1. The average molecular weight is 351 g/mol. The SMILES string of the molecule is CN=C(NC1CCN(CC(=O)NC)CC1)NC1C2CCOC2C1(C)C. The van der Waals surface area contributed by atoms with Crippen molar-refractivity contribution in [1.82, 2.24) is 20.9 Å². The lowest BCUT2D eigenvalue weighted by atomic mass is 9.57. The van der Waals surface area contributed by atoms with Crippen molar-refractivity contribution >= 4 is 11.9 Å². The lowest BCUT2D eigenvalue weighted by Gasteiger charge is -2.55. The summed E-state index contributed by atoms with van der Waals surface area (Å²) >= 11 is 0. The van der Waals surface area contributed by atoms with Gasteiger partial charge in [0, 0.05) is 57.2 Å². The maximum absolute atomic E-state index is 11.5. The molecule has 0 spiro atoms. The molecular weight excluding hydrogens is 318 g/mol. The van der Waals surface area contributed by atoms with E-state index in [4.69, 9.17) is 4.74 Å². The number of nitrogens with one attached hydrogen (secondary N) is 3. The van der Waals surface area contributed by atoms with Crippen molar-refractivity contribution in [3.8, 4) is 0 Å². The summed E-state index contributed by atoms with van der Waals surface area (Å²) in [6.07, 6.45) is 3.58. The van der Waals surface area contributed by atoms with E-state index in [9.17, 15) is 4.79 Å². The minimum Gasteiger partial charge on any atom is -0.377 e. The Labute approximate surface area is 151 Å². The fourth-order valence-electron chi connectivity index (χ4n) is 4.65. The number of amides is 1. The molecule has 2 heterocycles. The zero-order valence-corrected chi connectivity index (χ0v) is 16.0. The number of hydrogen-bond acceptors (Lipinski definition) is 4. The van der Waals surface area contributed by atoms with E-state index in [1.54, 1.807) is 7.05 Å². The van der Waals surface area contributed by atoms with Gasteiger partial charge in [-0.1, -0.05) is 13.8 Å². The van der Waals surface area contributed by atoms with Crippen LogP contribution < -0.4 is 16.0 Å². The van der Waals surface area contributed by atoms with Gasteiger partial charge in [0.2, 0.25) is 5.91 Å². The number of aliphatic imine (C=N–C) groups is 1. The molecule has 3 aliphatic rings. The van der Waals surface area contributed by atoms with Crippen LogP contribution in [-0.2, 0) is 9.53 Å². The van der Waals surface area contributed by atoms with Gasteiger partial charge < -0.3 is 20.7 Å². The number of carbonyl (C=O) groups is 1. The monoisotopic (exact) mass is 351 g/mol. The normalized spacial score (nSPS) is 32.6. The number of ether oxygens (including phenoxy) is 1. The molecule has 0 bridgehead atoms. The Balaban J connectivity index is 1.47. The van der Waals surface area contributed by atoms with Gasteiger partial charge in [-0.25, -0.2) is 0 Å². The second-order valence-electron chi connectivity index (χ2n) is 8.13. The fourth-order valence-corrected chi connectivity index (χ4v) is 4.65. The fraction of sp³-hybridized carbons (Fsp3) is 0.889. The number of fused-ring (bicyclic) bond motifs is 1. The number of hydrogen-bond donors (Lipinski definition) is 3. The summed E-state index contributed by atoms with van der Waals surface area (Å²) < 4.78 is 5.88. The summed E-state index contributed by atoms with van der Waals surface area (Å²) in [6, 6.07) is 0.825. The highest BCUT2D eigenvalue weighted by Crippen LogP contribution is 2.52. The summed E-state index contributed by atoms with van der Waals surface area (Å²) in [5, 5.41) is 9.92. The van der Waals surface area contributed by atoms with Crippen LogP contribution in [0.4, 0.5) is 0 Å². The van der Waals surface area contributed by atoms with Crippen molar-refractivity contribution in [3.05, 3.63) is 0 Å². The van der Waals surface area contributed by atoms with Crippen molar-refractivity contribution in [2.75, 3.05) is 40.3 Å². The number of nitrogens with zero attached hydrogens (tertiary/aromatic N) is 2. The van der Waals surface area contributed by atoms with Crippen molar-refractivity contribution in [2.45, 2.75) is 51.3 Å². The Bertz CT molecular complexity index is 514. The molecule has 142 valence electrons. The molecule has 1 saturated carbocycles. The van der Waals surface area contributed by atoms with Crippen LogP contribution in [0.15, 0.2) is 4.99 Å². The lowest BCUT2D eigenvalue weighted by molar-refractivity contribution is -0.122. The van der Waals surface area contributed by atoms with Crippen molar-refractivity contribution < 1.29 is 9.53 Å². The Hall–Kier alpha value is -1.34. The van der Waals surface area contributed by atoms with E-state index in [0.29, 0.717) is 30.7 Å². The summed E-state index contributed by atoms with van der Waals surface area (Å²) in [5.74, 6) is 1.58. The third-order valence-corrected chi connectivity index (χ3v) is 6.19. The van der Waals surface area contributed by atoms with Gasteiger partial charge in [0.15, 0.2) is 5.96 Å².